The molecular formula is C3H7NO. The van der Waals surface area contributed by atoms with E-state index in [1.54, 1.807) is 0 Å². The van der Waals surface area contributed by atoms with Gasteiger partial charge in [0.2, 0.25) is 0 Å². The molecule has 1 aliphatic heterocycles. The first-order valence-corrected chi connectivity index (χ1v) is 1.75. The highest BCUT2D eigenvalue weighted by molar-refractivity contribution is 4.67. The molecule has 0 spiro atoms. The summed E-state index contributed by atoms with van der Waals surface area (Å²) >= 11 is 0. The van der Waals surface area contributed by atoms with Crippen LogP contribution < -0.4 is 5.73 Å². The molecule has 1 fully saturated rings. The Hall–Kier alpha value is -0.0800. The molecule has 2 heteroatoms. The molecule has 30 valence electrons. The van der Waals surface area contributed by atoms with Crippen LogP contribution in [-0.2, 0) is 4.74 Å². The SMILES string of the molecule is NC[C@@H]1CO1. The summed E-state index contributed by atoms with van der Waals surface area (Å²) in [5.74, 6) is 0. The summed E-state index contributed by atoms with van der Waals surface area (Å²) in [6, 6.07) is 0. The predicted octanol–water partition coefficient (Wildman–Crippen LogP) is -0.656. The average Bonchev–Trinajstić information content (AvgIpc) is 2.12. The van der Waals surface area contributed by atoms with Gasteiger partial charge < -0.3 is 10.5 Å². The third-order valence-electron chi connectivity index (χ3n) is 0.665. The summed E-state index contributed by atoms with van der Waals surface area (Å²) in [5.41, 5.74) is 5.11. The third kappa shape index (κ3) is 0.597. The van der Waals surface area contributed by atoms with Crippen molar-refractivity contribution < 1.29 is 4.74 Å². The number of hydrogen-bond donors (Lipinski definition) is 1. The Bertz CT molecular complexity index is 33.9. The van der Waals surface area contributed by atoms with E-state index in [0.717, 1.165) is 6.61 Å². The average molecular weight is 73.1 g/mol. The van der Waals surface area contributed by atoms with Gasteiger partial charge in [-0.3, -0.25) is 0 Å². The van der Waals surface area contributed by atoms with Gasteiger partial charge in [0.1, 0.15) is 0 Å². The zero-order valence-corrected chi connectivity index (χ0v) is 2.98. The molecule has 0 amide bonds. The van der Waals surface area contributed by atoms with Gasteiger partial charge in [-0.15, -0.1) is 0 Å². The van der Waals surface area contributed by atoms with Crippen molar-refractivity contribution in [3.05, 3.63) is 0 Å². The number of nitrogens with two attached hydrogens (primary N) is 1. The van der Waals surface area contributed by atoms with Crippen LogP contribution in [-0.4, -0.2) is 19.3 Å². The van der Waals surface area contributed by atoms with E-state index in [1.165, 1.54) is 0 Å². The number of rotatable bonds is 1. The van der Waals surface area contributed by atoms with Crippen molar-refractivity contribution in [2.75, 3.05) is 13.2 Å². The molecule has 0 aromatic rings. The minimum atomic E-state index is 0.412. The highest BCUT2D eigenvalue weighted by Gasteiger charge is 2.18. The van der Waals surface area contributed by atoms with E-state index in [9.17, 15) is 0 Å². The molecular weight excluding hydrogens is 66.0 g/mol. The first-order valence-electron chi connectivity index (χ1n) is 1.75. The molecule has 0 aromatic heterocycles. The van der Waals surface area contributed by atoms with Crippen molar-refractivity contribution in [1.29, 1.82) is 0 Å². The lowest BCUT2D eigenvalue weighted by atomic mass is 10.5. The van der Waals surface area contributed by atoms with Crippen molar-refractivity contribution >= 4 is 0 Å². The maximum atomic E-state index is 5.11. The first kappa shape index (κ1) is 3.12. The van der Waals surface area contributed by atoms with Gasteiger partial charge in [-0.25, -0.2) is 0 Å². The van der Waals surface area contributed by atoms with Crippen molar-refractivity contribution in [3.8, 4) is 0 Å². The lowest BCUT2D eigenvalue weighted by molar-refractivity contribution is 0.412. The van der Waals surface area contributed by atoms with Crippen LogP contribution in [0.25, 0.3) is 0 Å². The van der Waals surface area contributed by atoms with Gasteiger partial charge >= 0.3 is 0 Å². The number of hydrogen-bond acceptors (Lipinski definition) is 2. The zero-order chi connectivity index (χ0) is 3.70. The summed E-state index contributed by atoms with van der Waals surface area (Å²) in [6.07, 6.45) is 0.412. The maximum absolute atomic E-state index is 5.11. The number of epoxide rings is 1. The van der Waals surface area contributed by atoms with Crippen LogP contribution in [0.1, 0.15) is 0 Å². The molecule has 5 heavy (non-hydrogen) atoms. The maximum Gasteiger partial charge on any atom is 0.0931 e. The molecule has 1 rings (SSSR count). The van der Waals surface area contributed by atoms with Gasteiger partial charge in [0.05, 0.1) is 12.7 Å². The van der Waals surface area contributed by atoms with E-state index in [1.807, 2.05) is 0 Å². The molecule has 2 nitrogen and oxygen atoms in total. The Morgan fingerprint density at radius 1 is 2.00 bits per heavy atom. The van der Waals surface area contributed by atoms with E-state index in [4.69, 9.17) is 10.5 Å². The van der Waals surface area contributed by atoms with Crippen molar-refractivity contribution in [2.24, 2.45) is 5.73 Å². The molecule has 1 heterocycles. The first-order chi connectivity index (χ1) is 2.43. The van der Waals surface area contributed by atoms with Crippen molar-refractivity contribution in [3.63, 3.8) is 0 Å². The van der Waals surface area contributed by atoms with Crippen LogP contribution in [0.2, 0.25) is 0 Å². The van der Waals surface area contributed by atoms with Crippen molar-refractivity contribution in [1.82, 2.24) is 0 Å². The van der Waals surface area contributed by atoms with E-state index in [0.29, 0.717) is 12.6 Å². The molecule has 1 atom stereocenters. The normalized spacial score (nSPS) is 34.2. The van der Waals surface area contributed by atoms with Crippen LogP contribution in [0.15, 0.2) is 0 Å². The standard InChI is InChI=1S/C3H7NO/c4-1-3-2-5-3/h3H,1-2,4H2/t3-/m1/s1. The number of ether oxygens (including phenoxy) is 1. The van der Waals surface area contributed by atoms with E-state index in [2.05, 4.69) is 0 Å². The minimum absolute atomic E-state index is 0.412. The summed E-state index contributed by atoms with van der Waals surface area (Å²) in [7, 11) is 0. The van der Waals surface area contributed by atoms with Crippen LogP contribution in [0.3, 0.4) is 0 Å². The molecule has 0 aliphatic carbocycles. The molecule has 0 unspecified atom stereocenters. The van der Waals surface area contributed by atoms with Gasteiger partial charge in [-0.1, -0.05) is 0 Å². The van der Waals surface area contributed by atoms with Crippen LogP contribution in [0.5, 0.6) is 0 Å². The van der Waals surface area contributed by atoms with E-state index >= 15 is 0 Å². The van der Waals surface area contributed by atoms with Gasteiger partial charge in [0.15, 0.2) is 0 Å². The minimum Gasteiger partial charge on any atom is -0.372 e. The smallest absolute Gasteiger partial charge is 0.0931 e. The Kier molecular flexibility index (Phi) is 0.596. The molecule has 0 saturated carbocycles. The van der Waals surface area contributed by atoms with E-state index < -0.39 is 0 Å². The summed E-state index contributed by atoms with van der Waals surface area (Å²) in [6.45, 7) is 1.58. The highest BCUT2D eigenvalue weighted by atomic mass is 16.6. The largest absolute Gasteiger partial charge is 0.372 e. The summed E-state index contributed by atoms with van der Waals surface area (Å²) < 4.78 is 4.73. The molecule has 1 saturated heterocycles. The van der Waals surface area contributed by atoms with Gasteiger partial charge in [0, 0.05) is 6.54 Å². The Morgan fingerprint density at radius 2 is 2.60 bits per heavy atom. The summed E-state index contributed by atoms with van der Waals surface area (Å²) in [4.78, 5) is 0. The highest BCUT2D eigenvalue weighted by Crippen LogP contribution is 2.03. The fourth-order valence-electron chi connectivity index (χ4n) is 0.204. The Balaban J connectivity index is 2.00. The second kappa shape index (κ2) is 0.954. The van der Waals surface area contributed by atoms with Crippen LogP contribution in [0.4, 0.5) is 0 Å². The molecule has 1 aliphatic rings. The van der Waals surface area contributed by atoms with E-state index in [-0.39, 0.29) is 0 Å². The topological polar surface area (TPSA) is 38.5 Å². The second-order valence-electron chi connectivity index (χ2n) is 1.19. The Labute approximate surface area is 30.9 Å². The molecule has 2 N–H and O–H groups in total. The fourth-order valence-corrected chi connectivity index (χ4v) is 0.204. The van der Waals surface area contributed by atoms with Crippen LogP contribution >= 0.6 is 0 Å². The zero-order valence-electron chi connectivity index (χ0n) is 2.98. The molecule has 0 radical (unpaired) electrons. The third-order valence-corrected chi connectivity index (χ3v) is 0.665. The van der Waals surface area contributed by atoms with Gasteiger partial charge in [-0.2, -0.15) is 0 Å². The van der Waals surface area contributed by atoms with Gasteiger partial charge in [-0.05, 0) is 0 Å². The Morgan fingerprint density at radius 3 is 2.60 bits per heavy atom. The molecule has 0 aromatic carbocycles. The monoisotopic (exact) mass is 73.1 g/mol. The summed E-state index contributed by atoms with van der Waals surface area (Å²) in [5, 5.41) is 0. The second-order valence-corrected chi connectivity index (χ2v) is 1.19. The predicted molar refractivity (Wildman–Crippen MR) is 18.8 cm³/mol. The molecule has 0 bridgehead atoms. The van der Waals surface area contributed by atoms with Crippen molar-refractivity contribution in [2.45, 2.75) is 6.10 Å². The fraction of sp³-hybridized carbons (Fsp3) is 1.00. The van der Waals surface area contributed by atoms with Gasteiger partial charge in [0.25, 0.3) is 0 Å². The lowest BCUT2D eigenvalue weighted by Crippen LogP contribution is -2.05. The van der Waals surface area contributed by atoms with Crippen LogP contribution in [0, 0.1) is 0 Å². The lowest BCUT2D eigenvalue weighted by Gasteiger charge is -1.71. The quantitative estimate of drug-likeness (QED) is 0.419.